The Morgan fingerprint density at radius 3 is 2.12 bits per heavy atom. The number of anilines is 1. The van der Waals surface area contributed by atoms with Gasteiger partial charge in [-0.25, -0.2) is 12.8 Å². The Kier molecular flexibility index (Phi) is 6.88. The molecule has 0 aliphatic carbocycles. The number of rotatable bonds is 8. The summed E-state index contributed by atoms with van der Waals surface area (Å²) in [5, 5.41) is 2.70. The fourth-order valence-corrected chi connectivity index (χ4v) is 4.01. The minimum absolute atomic E-state index is 0.184. The summed E-state index contributed by atoms with van der Waals surface area (Å²) in [7, 11) is -3.47. The molecule has 0 radical (unpaired) electrons. The third-order valence-electron chi connectivity index (χ3n) is 4.04. The first-order valence-electron chi connectivity index (χ1n) is 8.51. The van der Waals surface area contributed by atoms with Crippen molar-refractivity contribution in [3.05, 3.63) is 59.9 Å². The van der Waals surface area contributed by atoms with E-state index < -0.39 is 10.0 Å². The van der Waals surface area contributed by atoms with Crippen LogP contribution in [0.15, 0.2) is 53.4 Å². The van der Waals surface area contributed by atoms with Gasteiger partial charge in [-0.2, -0.15) is 4.31 Å². The summed E-state index contributed by atoms with van der Waals surface area (Å²) in [5.74, 6) is -0.542. The van der Waals surface area contributed by atoms with E-state index in [1.54, 1.807) is 38.1 Å². The molecule has 0 unspecified atom stereocenters. The maximum absolute atomic E-state index is 12.8. The second-order valence-electron chi connectivity index (χ2n) is 5.79. The summed E-state index contributed by atoms with van der Waals surface area (Å²) in [6.07, 6.45) is 0.734. The molecule has 7 heteroatoms. The van der Waals surface area contributed by atoms with Crippen LogP contribution in [0.2, 0.25) is 0 Å². The first-order chi connectivity index (χ1) is 12.4. The van der Waals surface area contributed by atoms with Gasteiger partial charge in [-0.3, -0.25) is 4.79 Å². The summed E-state index contributed by atoms with van der Waals surface area (Å²) in [4.78, 5) is 12.2. The number of benzene rings is 2. The first-order valence-corrected chi connectivity index (χ1v) is 9.95. The highest BCUT2D eigenvalue weighted by molar-refractivity contribution is 7.89. The number of carbonyl (C=O) groups is 1. The normalized spacial score (nSPS) is 11.5. The number of nitrogens with one attached hydrogen (secondary N) is 1. The smallest absolute Gasteiger partial charge is 0.243 e. The highest BCUT2D eigenvalue weighted by atomic mass is 32.2. The quantitative estimate of drug-likeness (QED) is 0.765. The highest BCUT2D eigenvalue weighted by Gasteiger charge is 2.21. The van der Waals surface area contributed by atoms with Crippen LogP contribution in [0.5, 0.6) is 0 Å². The predicted octanol–water partition coefficient (Wildman–Crippen LogP) is 3.43. The largest absolute Gasteiger partial charge is 0.326 e. The van der Waals surface area contributed by atoms with E-state index in [4.69, 9.17) is 0 Å². The number of nitrogens with zero attached hydrogens (tertiary/aromatic N) is 1. The van der Waals surface area contributed by atoms with Gasteiger partial charge in [-0.15, -0.1) is 0 Å². The van der Waals surface area contributed by atoms with Crippen molar-refractivity contribution in [2.24, 2.45) is 0 Å². The zero-order valence-corrected chi connectivity index (χ0v) is 15.7. The third kappa shape index (κ3) is 5.12. The lowest BCUT2D eigenvalue weighted by Gasteiger charge is -2.18. The standard InChI is InChI=1S/C19H23FN2O3S/c1-3-22(4-2)26(24,25)18-12-5-15(6-13-18)7-14-19(23)21-17-10-8-16(20)9-11-17/h5-6,8-13H,3-4,7,14H2,1-2H3,(H,21,23). The molecule has 2 aromatic rings. The van der Waals surface area contributed by atoms with Crippen molar-refractivity contribution in [1.29, 1.82) is 0 Å². The fourth-order valence-electron chi connectivity index (χ4n) is 2.56. The van der Waals surface area contributed by atoms with Crippen LogP contribution in [-0.4, -0.2) is 31.7 Å². The lowest BCUT2D eigenvalue weighted by atomic mass is 10.1. The molecule has 1 amide bonds. The van der Waals surface area contributed by atoms with E-state index in [9.17, 15) is 17.6 Å². The van der Waals surface area contributed by atoms with Crippen molar-refractivity contribution in [2.75, 3.05) is 18.4 Å². The number of sulfonamides is 1. The molecule has 26 heavy (non-hydrogen) atoms. The Labute approximate surface area is 153 Å². The molecule has 140 valence electrons. The van der Waals surface area contributed by atoms with E-state index in [0.29, 0.717) is 25.2 Å². The van der Waals surface area contributed by atoms with E-state index >= 15 is 0 Å². The molecular formula is C19H23FN2O3S. The number of halogens is 1. The molecular weight excluding hydrogens is 355 g/mol. The Bertz CT molecular complexity index is 830. The van der Waals surface area contributed by atoms with E-state index in [1.165, 1.54) is 28.6 Å². The predicted molar refractivity (Wildman–Crippen MR) is 99.9 cm³/mol. The van der Waals surface area contributed by atoms with E-state index in [2.05, 4.69) is 5.32 Å². The minimum Gasteiger partial charge on any atom is -0.326 e. The molecule has 0 aliphatic rings. The third-order valence-corrected chi connectivity index (χ3v) is 6.10. The SMILES string of the molecule is CCN(CC)S(=O)(=O)c1ccc(CCC(=O)Nc2ccc(F)cc2)cc1. The van der Waals surface area contributed by atoms with Gasteiger partial charge in [0, 0.05) is 25.2 Å². The lowest BCUT2D eigenvalue weighted by Crippen LogP contribution is -2.30. The molecule has 0 aromatic heterocycles. The van der Waals surface area contributed by atoms with E-state index in [1.807, 2.05) is 0 Å². The molecule has 0 heterocycles. The molecule has 5 nitrogen and oxygen atoms in total. The second-order valence-corrected chi connectivity index (χ2v) is 7.73. The number of carbonyl (C=O) groups excluding carboxylic acids is 1. The summed E-state index contributed by atoms with van der Waals surface area (Å²) in [6, 6.07) is 12.2. The van der Waals surface area contributed by atoms with Crippen LogP contribution in [0.4, 0.5) is 10.1 Å². The summed E-state index contributed by atoms with van der Waals surface area (Å²) in [6.45, 7) is 4.44. The van der Waals surface area contributed by atoms with E-state index in [0.717, 1.165) is 5.56 Å². The van der Waals surface area contributed by atoms with E-state index in [-0.39, 0.29) is 23.0 Å². The first kappa shape index (κ1) is 20.1. The molecule has 0 atom stereocenters. The van der Waals surface area contributed by atoms with Gasteiger partial charge in [0.05, 0.1) is 4.90 Å². The van der Waals surface area contributed by atoms with Gasteiger partial charge in [-0.1, -0.05) is 26.0 Å². The number of amides is 1. The summed E-state index contributed by atoms with van der Waals surface area (Å²) >= 11 is 0. The van der Waals surface area contributed by atoms with Crippen molar-refractivity contribution in [3.8, 4) is 0 Å². The van der Waals surface area contributed by atoms with Gasteiger partial charge >= 0.3 is 0 Å². The molecule has 1 N–H and O–H groups in total. The average Bonchev–Trinajstić information content (AvgIpc) is 2.63. The fraction of sp³-hybridized carbons (Fsp3) is 0.316. The zero-order valence-electron chi connectivity index (χ0n) is 14.9. The van der Waals surface area contributed by atoms with Gasteiger partial charge in [-0.05, 0) is 48.4 Å². The van der Waals surface area contributed by atoms with Crippen LogP contribution in [0.3, 0.4) is 0 Å². The summed E-state index contributed by atoms with van der Waals surface area (Å²) < 4.78 is 39.1. The van der Waals surface area contributed by atoms with Gasteiger partial charge < -0.3 is 5.32 Å². The van der Waals surface area contributed by atoms with Crippen LogP contribution in [-0.2, 0) is 21.2 Å². The molecule has 0 fully saturated rings. The molecule has 0 spiro atoms. The van der Waals surface area contributed by atoms with Gasteiger partial charge in [0.15, 0.2) is 0 Å². The monoisotopic (exact) mass is 378 g/mol. The molecule has 2 aromatic carbocycles. The van der Waals surface area contributed by atoms with Crippen LogP contribution >= 0.6 is 0 Å². The minimum atomic E-state index is -3.47. The second kappa shape index (κ2) is 8.91. The van der Waals surface area contributed by atoms with Gasteiger partial charge in [0.2, 0.25) is 15.9 Å². The maximum atomic E-state index is 12.8. The Morgan fingerprint density at radius 1 is 1.00 bits per heavy atom. The molecule has 2 rings (SSSR count). The number of aryl methyl sites for hydroxylation is 1. The summed E-state index contributed by atoms with van der Waals surface area (Å²) in [5.41, 5.74) is 1.41. The highest BCUT2D eigenvalue weighted by Crippen LogP contribution is 2.17. The van der Waals surface area contributed by atoms with Crippen molar-refractivity contribution in [1.82, 2.24) is 4.31 Å². The Hall–Kier alpha value is -2.25. The lowest BCUT2D eigenvalue weighted by molar-refractivity contribution is -0.116. The van der Waals surface area contributed by atoms with Crippen molar-refractivity contribution in [2.45, 2.75) is 31.6 Å². The van der Waals surface area contributed by atoms with Crippen LogP contribution in [0.25, 0.3) is 0 Å². The number of hydrogen-bond donors (Lipinski definition) is 1. The molecule has 0 bridgehead atoms. The van der Waals surface area contributed by atoms with Crippen molar-refractivity contribution in [3.63, 3.8) is 0 Å². The van der Waals surface area contributed by atoms with Crippen LogP contribution < -0.4 is 5.32 Å². The van der Waals surface area contributed by atoms with Gasteiger partial charge in [0.1, 0.15) is 5.82 Å². The van der Waals surface area contributed by atoms with Crippen molar-refractivity contribution >= 4 is 21.6 Å². The van der Waals surface area contributed by atoms with Gasteiger partial charge in [0.25, 0.3) is 0 Å². The molecule has 0 saturated carbocycles. The Balaban J connectivity index is 1.94. The van der Waals surface area contributed by atoms with Crippen LogP contribution in [0.1, 0.15) is 25.8 Å². The molecule has 0 aliphatic heterocycles. The topological polar surface area (TPSA) is 66.5 Å². The average molecular weight is 378 g/mol. The zero-order chi connectivity index (χ0) is 19.2. The van der Waals surface area contributed by atoms with Crippen molar-refractivity contribution < 1.29 is 17.6 Å². The van der Waals surface area contributed by atoms with Crippen LogP contribution in [0, 0.1) is 5.82 Å². The Morgan fingerprint density at radius 2 is 1.58 bits per heavy atom. The molecule has 0 saturated heterocycles. The number of hydrogen-bond acceptors (Lipinski definition) is 3. The maximum Gasteiger partial charge on any atom is 0.243 e.